The SMILES string of the molecule is COC(=O)c1nc(-c2ccc(Br)cc2C)[nH]c1C. The van der Waals surface area contributed by atoms with E-state index in [0.717, 1.165) is 15.6 Å². The van der Waals surface area contributed by atoms with Gasteiger partial charge in [0, 0.05) is 15.7 Å². The number of halogens is 1. The number of aromatic nitrogens is 2. The minimum atomic E-state index is -0.426. The van der Waals surface area contributed by atoms with Gasteiger partial charge in [-0.15, -0.1) is 0 Å². The standard InChI is InChI=1S/C13H13BrN2O2/c1-7-6-9(14)4-5-10(7)12-15-8(2)11(16-12)13(17)18-3/h4-6H,1-3H3,(H,15,16). The number of carbonyl (C=O) groups is 1. The van der Waals surface area contributed by atoms with Crippen LogP contribution in [-0.4, -0.2) is 23.0 Å². The Bertz CT molecular complexity index is 605. The molecular weight excluding hydrogens is 296 g/mol. The van der Waals surface area contributed by atoms with Crippen molar-refractivity contribution in [1.82, 2.24) is 9.97 Å². The summed E-state index contributed by atoms with van der Waals surface area (Å²) in [5, 5.41) is 0. The zero-order chi connectivity index (χ0) is 13.3. The molecule has 0 bridgehead atoms. The lowest BCUT2D eigenvalue weighted by atomic mass is 10.1. The van der Waals surface area contributed by atoms with Crippen LogP contribution in [-0.2, 0) is 4.74 Å². The second kappa shape index (κ2) is 4.94. The van der Waals surface area contributed by atoms with E-state index in [4.69, 9.17) is 0 Å². The molecule has 1 heterocycles. The molecule has 2 rings (SSSR count). The van der Waals surface area contributed by atoms with Crippen LogP contribution in [0.2, 0.25) is 0 Å². The zero-order valence-electron chi connectivity index (χ0n) is 10.4. The lowest BCUT2D eigenvalue weighted by molar-refractivity contribution is 0.0594. The number of imidazole rings is 1. The van der Waals surface area contributed by atoms with E-state index in [1.807, 2.05) is 25.1 Å². The first-order valence-electron chi connectivity index (χ1n) is 5.44. The molecule has 4 nitrogen and oxygen atoms in total. The summed E-state index contributed by atoms with van der Waals surface area (Å²) in [4.78, 5) is 18.9. The first-order valence-corrected chi connectivity index (χ1v) is 6.23. The number of aromatic amines is 1. The predicted octanol–water partition coefficient (Wildman–Crippen LogP) is 3.24. The van der Waals surface area contributed by atoms with Crippen LogP contribution in [0.5, 0.6) is 0 Å². The van der Waals surface area contributed by atoms with Crippen LogP contribution in [0.4, 0.5) is 0 Å². The molecule has 0 amide bonds. The topological polar surface area (TPSA) is 55.0 Å². The third kappa shape index (κ3) is 2.31. The van der Waals surface area contributed by atoms with Crippen molar-refractivity contribution >= 4 is 21.9 Å². The predicted molar refractivity (Wildman–Crippen MR) is 72.5 cm³/mol. The number of nitrogens with zero attached hydrogens (tertiary/aromatic N) is 1. The summed E-state index contributed by atoms with van der Waals surface area (Å²) in [6.45, 7) is 3.80. The second-order valence-electron chi connectivity index (χ2n) is 4.01. The molecule has 0 saturated heterocycles. The van der Waals surface area contributed by atoms with Crippen molar-refractivity contribution in [1.29, 1.82) is 0 Å². The average molecular weight is 309 g/mol. The van der Waals surface area contributed by atoms with Gasteiger partial charge < -0.3 is 9.72 Å². The molecule has 0 aliphatic rings. The molecule has 1 N–H and O–H groups in total. The number of rotatable bonds is 2. The molecule has 0 radical (unpaired) electrons. The van der Waals surface area contributed by atoms with Gasteiger partial charge in [0.1, 0.15) is 5.82 Å². The monoisotopic (exact) mass is 308 g/mol. The number of hydrogen-bond donors (Lipinski definition) is 1. The largest absolute Gasteiger partial charge is 0.464 e. The van der Waals surface area contributed by atoms with E-state index >= 15 is 0 Å². The van der Waals surface area contributed by atoms with E-state index in [9.17, 15) is 4.79 Å². The Morgan fingerprint density at radius 1 is 1.39 bits per heavy atom. The van der Waals surface area contributed by atoms with Crippen molar-refractivity contribution in [3.05, 3.63) is 39.6 Å². The number of esters is 1. The summed E-state index contributed by atoms with van der Waals surface area (Å²) in [6, 6.07) is 5.90. The first kappa shape index (κ1) is 12.8. The number of ether oxygens (including phenoxy) is 1. The van der Waals surface area contributed by atoms with Crippen LogP contribution in [0.1, 0.15) is 21.7 Å². The maximum absolute atomic E-state index is 11.5. The second-order valence-corrected chi connectivity index (χ2v) is 4.93. The fraction of sp³-hybridized carbons (Fsp3) is 0.231. The Morgan fingerprint density at radius 3 is 2.72 bits per heavy atom. The van der Waals surface area contributed by atoms with Crippen LogP contribution in [0.25, 0.3) is 11.4 Å². The molecule has 0 aliphatic heterocycles. The number of methoxy groups -OCH3 is 1. The molecule has 94 valence electrons. The Hall–Kier alpha value is -1.62. The average Bonchev–Trinajstić information content (AvgIpc) is 2.70. The highest BCUT2D eigenvalue weighted by Gasteiger charge is 2.16. The van der Waals surface area contributed by atoms with Crippen LogP contribution in [0, 0.1) is 13.8 Å². The number of H-pyrrole nitrogens is 1. The lowest BCUT2D eigenvalue weighted by Crippen LogP contribution is -2.03. The quantitative estimate of drug-likeness (QED) is 0.867. The van der Waals surface area contributed by atoms with E-state index in [2.05, 4.69) is 30.6 Å². The molecule has 1 aromatic carbocycles. The maximum atomic E-state index is 11.5. The van der Waals surface area contributed by atoms with Crippen molar-refractivity contribution < 1.29 is 9.53 Å². The van der Waals surface area contributed by atoms with E-state index in [0.29, 0.717) is 17.2 Å². The summed E-state index contributed by atoms with van der Waals surface area (Å²) < 4.78 is 5.70. The van der Waals surface area contributed by atoms with Crippen molar-refractivity contribution in [2.45, 2.75) is 13.8 Å². The van der Waals surface area contributed by atoms with Gasteiger partial charge in [-0.1, -0.05) is 15.9 Å². The molecule has 18 heavy (non-hydrogen) atoms. The summed E-state index contributed by atoms with van der Waals surface area (Å²) in [5.41, 5.74) is 3.08. The Morgan fingerprint density at radius 2 is 2.11 bits per heavy atom. The number of aryl methyl sites for hydroxylation is 2. The van der Waals surface area contributed by atoms with Crippen molar-refractivity contribution in [3.63, 3.8) is 0 Å². The molecule has 0 atom stereocenters. The molecule has 0 fully saturated rings. The van der Waals surface area contributed by atoms with Gasteiger partial charge in [0.25, 0.3) is 0 Å². The number of nitrogens with one attached hydrogen (secondary N) is 1. The molecule has 2 aromatic rings. The maximum Gasteiger partial charge on any atom is 0.358 e. The van der Waals surface area contributed by atoms with Crippen LogP contribution < -0.4 is 0 Å². The first-order chi connectivity index (χ1) is 8.52. The third-order valence-corrected chi connectivity index (χ3v) is 3.20. The van der Waals surface area contributed by atoms with Crippen LogP contribution >= 0.6 is 15.9 Å². The summed E-state index contributed by atoms with van der Waals surface area (Å²) in [6.07, 6.45) is 0. The summed E-state index contributed by atoms with van der Waals surface area (Å²) >= 11 is 3.42. The Labute approximate surface area is 114 Å². The van der Waals surface area contributed by atoms with E-state index in [1.54, 1.807) is 6.92 Å². The molecule has 1 aromatic heterocycles. The van der Waals surface area contributed by atoms with Crippen molar-refractivity contribution in [2.24, 2.45) is 0 Å². The Balaban J connectivity index is 2.49. The van der Waals surface area contributed by atoms with Gasteiger partial charge in [0.15, 0.2) is 5.69 Å². The highest BCUT2D eigenvalue weighted by molar-refractivity contribution is 9.10. The van der Waals surface area contributed by atoms with E-state index < -0.39 is 5.97 Å². The molecular formula is C13H13BrN2O2. The van der Waals surface area contributed by atoms with Crippen molar-refractivity contribution in [3.8, 4) is 11.4 Å². The minimum absolute atomic E-state index is 0.329. The zero-order valence-corrected chi connectivity index (χ0v) is 12.0. The third-order valence-electron chi connectivity index (χ3n) is 2.71. The minimum Gasteiger partial charge on any atom is -0.464 e. The molecule has 0 saturated carbocycles. The van der Waals surface area contributed by atoms with Gasteiger partial charge in [-0.05, 0) is 37.6 Å². The van der Waals surface area contributed by atoms with Gasteiger partial charge in [-0.3, -0.25) is 0 Å². The normalized spacial score (nSPS) is 10.4. The highest BCUT2D eigenvalue weighted by Crippen LogP contribution is 2.25. The van der Waals surface area contributed by atoms with Gasteiger partial charge in [0.05, 0.1) is 7.11 Å². The smallest absolute Gasteiger partial charge is 0.358 e. The fourth-order valence-electron chi connectivity index (χ4n) is 1.78. The fourth-order valence-corrected chi connectivity index (χ4v) is 2.25. The summed E-state index contributed by atoms with van der Waals surface area (Å²) in [7, 11) is 1.35. The van der Waals surface area contributed by atoms with Crippen molar-refractivity contribution in [2.75, 3.05) is 7.11 Å². The van der Waals surface area contributed by atoms with E-state index in [1.165, 1.54) is 7.11 Å². The van der Waals surface area contributed by atoms with Gasteiger partial charge >= 0.3 is 5.97 Å². The number of carbonyl (C=O) groups excluding carboxylic acids is 1. The molecule has 5 heteroatoms. The number of hydrogen-bond acceptors (Lipinski definition) is 3. The van der Waals surface area contributed by atoms with Crippen LogP contribution in [0.15, 0.2) is 22.7 Å². The van der Waals surface area contributed by atoms with Crippen LogP contribution in [0.3, 0.4) is 0 Å². The Kier molecular flexibility index (Phi) is 3.52. The lowest BCUT2D eigenvalue weighted by Gasteiger charge is -2.02. The van der Waals surface area contributed by atoms with Gasteiger partial charge in [-0.25, -0.2) is 9.78 Å². The molecule has 0 aliphatic carbocycles. The number of benzene rings is 1. The van der Waals surface area contributed by atoms with Gasteiger partial charge in [-0.2, -0.15) is 0 Å². The molecule has 0 unspecified atom stereocenters. The highest BCUT2D eigenvalue weighted by atomic mass is 79.9. The van der Waals surface area contributed by atoms with E-state index in [-0.39, 0.29) is 0 Å². The molecule has 0 spiro atoms. The summed E-state index contributed by atoms with van der Waals surface area (Å²) in [5.74, 6) is 0.252. The van der Waals surface area contributed by atoms with Gasteiger partial charge in [0.2, 0.25) is 0 Å².